The summed E-state index contributed by atoms with van der Waals surface area (Å²) in [5.41, 5.74) is 5.32. The average molecular weight is 202 g/mol. The van der Waals surface area contributed by atoms with Crippen LogP contribution in [0.15, 0.2) is 0 Å². The van der Waals surface area contributed by atoms with E-state index in [9.17, 15) is 4.79 Å². The summed E-state index contributed by atoms with van der Waals surface area (Å²) in [5, 5.41) is 2.98. The third kappa shape index (κ3) is 5.19. The van der Waals surface area contributed by atoms with Crippen molar-refractivity contribution >= 4 is 5.91 Å². The number of methoxy groups -OCH3 is 1. The Morgan fingerprint density at radius 3 is 2.64 bits per heavy atom. The van der Waals surface area contributed by atoms with E-state index in [4.69, 9.17) is 10.5 Å². The van der Waals surface area contributed by atoms with E-state index in [1.54, 1.807) is 7.11 Å². The molecule has 0 radical (unpaired) electrons. The fourth-order valence-electron chi connectivity index (χ4n) is 1.24. The zero-order chi connectivity index (χ0) is 11.0. The third-order valence-electron chi connectivity index (χ3n) is 2.45. The summed E-state index contributed by atoms with van der Waals surface area (Å²) in [7, 11) is 1.59. The third-order valence-corrected chi connectivity index (χ3v) is 2.45. The van der Waals surface area contributed by atoms with Crippen molar-refractivity contribution < 1.29 is 9.53 Å². The van der Waals surface area contributed by atoms with Crippen molar-refractivity contribution in [1.82, 2.24) is 5.32 Å². The molecule has 0 saturated heterocycles. The van der Waals surface area contributed by atoms with Crippen LogP contribution in [0.5, 0.6) is 0 Å². The molecule has 0 aliphatic heterocycles. The van der Waals surface area contributed by atoms with Crippen LogP contribution in [0, 0.1) is 0 Å². The molecule has 1 atom stereocenters. The van der Waals surface area contributed by atoms with Gasteiger partial charge in [-0.15, -0.1) is 0 Å². The molecule has 0 aliphatic carbocycles. The van der Waals surface area contributed by atoms with Crippen LogP contribution < -0.4 is 11.1 Å². The Bertz CT molecular complexity index is 174. The first kappa shape index (κ1) is 13.4. The van der Waals surface area contributed by atoms with E-state index < -0.39 is 0 Å². The Labute approximate surface area is 86.2 Å². The molecule has 1 unspecified atom stereocenters. The highest BCUT2D eigenvalue weighted by Gasteiger charge is 2.22. The smallest absolute Gasteiger partial charge is 0.222 e. The first-order chi connectivity index (χ1) is 6.58. The zero-order valence-corrected chi connectivity index (χ0v) is 9.43. The minimum atomic E-state index is -0.167. The summed E-state index contributed by atoms with van der Waals surface area (Å²) < 4.78 is 4.84. The Hall–Kier alpha value is -0.610. The summed E-state index contributed by atoms with van der Waals surface area (Å²) in [4.78, 5) is 11.4. The minimum absolute atomic E-state index is 0.0321. The van der Waals surface area contributed by atoms with Gasteiger partial charge in [-0.1, -0.05) is 6.92 Å². The SMILES string of the molecule is CCC(C)(CCN)NC(=O)CCOC. The van der Waals surface area contributed by atoms with Crippen molar-refractivity contribution in [2.75, 3.05) is 20.3 Å². The zero-order valence-electron chi connectivity index (χ0n) is 9.43. The molecule has 1 amide bonds. The van der Waals surface area contributed by atoms with Crippen LogP contribution in [0.1, 0.15) is 33.1 Å². The Morgan fingerprint density at radius 1 is 1.57 bits per heavy atom. The summed E-state index contributed by atoms with van der Waals surface area (Å²) in [5.74, 6) is 0.0321. The number of hydrogen-bond acceptors (Lipinski definition) is 3. The van der Waals surface area contributed by atoms with Crippen molar-refractivity contribution in [3.63, 3.8) is 0 Å². The maximum absolute atomic E-state index is 11.4. The number of carbonyl (C=O) groups is 1. The topological polar surface area (TPSA) is 64.3 Å². The van der Waals surface area contributed by atoms with Gasteiger partial charge in [-0.25, -0.2) is 0 Å². The van der Waals surface area contributed by atoms with Crippen LogP contribution in [0.4, 0.5) is 0 Å². The Kier molecular flexibility index (Phi) is 6.49. The Morgan fingerprint density at radius 2 is 2.21 bits per heavy atom. The van der Waals surface area contributed by atoms with Gasteiger partial charge in [-0.3, -0.25) is 4.79 Å². The lowest BCUT2D eigenvalue weighted by molar-refractivity contribution is -0.123. The first-order valence-corrected chi connectivity index (χ1v) is 5.08. The number of amides is 1. The molecule has 0 bridgehead atoms. The number of nitrogens with one attached hydrogen (secondary N) is 1. The van der Waals surface area contributed by atoms with E-state index in [1.807, 2.05) is 13.8 Å². The maximum Gasteiger partial charge on any atom is 0.222 e. The fourth-order valence-corrected chi connectivity index (χ4v) is 1.24. The van der Waals surface area contributed by atoms with Gasteiger partial charge < -0.3 is 15.8 Å². The van der Waals surface area contributed by atoms with E-state index in [0.717, 1.165) is 12.8 Å². The lowest BCUT2D eigenvalue weighted by atomic mass is 9.94. The van der Waals surface area contributed by atoms with Gasteiger partial charge in [0.05, 0.1) is 6.61 Å². The van der Waals surface area contributed by atoms with Crippen LogP contribution >= 0.6 is 0 Å². The molecule has 14 heavy (non-hydrogen) atoms. The molecular weight excluding hydrogens is 180 g/mol. The monoisotopic (exact) mass is 202 g/mol. The molecule has 4 heteroatoms. The second-order valence-corrected chi connectivity index (χ2v) is 3.74. The van der Waals surface area contributed by atoms with Gasteiger partial charge in [-0.05, 0) is 26.3 Å². The predicted octanol–water partition coefficient (Wildman–Crippen LogP) is 0.657. The first-order valence-electron chi connectivity index (χ1n) is 5.08. The molecule has 0 aliphatic rings. The molecule has 0 saturated carbocycles. The van der Waals surface area contributed by atoms with Gasteiger partial charge in [0, 0.05) is 19.1 Å². The van der Waals surface area contributed by atoms with Gasteiger partial charge in [0.15, 0.2) is 0 Å². The average Bonchev–Trinajstić information content (AvgIpc) is 2.15. The quantitative estimate of drug-likeness (QED) is 0.637. The van der Waals surface area contributed by atoms with Gasteiger partial charge in [0.2, 0.25) is 5.91 Å². The summed E-state index contributed by atoms with van der Waals surface area (Å²) in [6.07, 6.45) is 2.11. The number of nitrogens with two attached hydrogens (primary N) is 1. The van der Waals surface area contributed by atoms with Crippen molar-refractivity contribution in [1.29, 1.82) is 0 Å². The molecule has 0 aromatic heterocycles. The van der Waals surface area contributed by atoms with E-state index in [2.05, 4.69) is 5.32 Å². The molecule has 84 valence electrons. The van der Waals surface area contributed by atoms with Gasteiger partial charge >= 0.3 is 0 Å². The van der Waals surface area contributed by atoms with E-state index >= 15 is 0 Å². The van der Waals surface area contributed by atoms with Crippen molar-refractivity contribution in [3.8, 4) is 0 Å². The molecule has 0 spiro atoms. The summed E-state index contributed by atoms with van der Waals surface area (Å²) >= 11 is 0. The lowest BCUT2D eigenvalue weighted by Crippen LogP contribution is -2.47. The van der Waals surface area contributed by atoms with Crippen molar-refractivity contribution in [2.45, 2.75) is 38.6 Å². The normalized spacial score (nSPS) is 14.9. The molecule has 0 aromatic carbocycles. The molecule has 0 rings (SSSR count). The van der Waals surface area contributed by atoms with Crippen LogP contribution in [-0.2, 0) is 9.53 Å². The van der Waals surface area contributed by atoms with E-state index in [-0.39, 0.29) is 11.4 Å². The highest BCUT2D eigenvalue weighted by Crippen LogP contribution is 2.13. The molecule has 0 heterocycles. The van der Waals surface area contributed by atoms with Crippen LogP contribution in [0.2, 0.25) is 0 Å². The largest absolute Gasteiger partial charge is 0.384 e. The number of hydrogen-bond donors (Lipinski definition) is 2. The molecular formula is C10H22N2O2. The van der Waals surface area contributed by atoms with Crippen LogP contribution in [-0.4, -0.2) is 31.7 Å². The maximum atomic E-state index is 11.4. The van der Waals surface area contributed by atoms with E-state index in [1.165, 1.54) is 0 Å². The van der Waals surface area contributed by atoms with Crippen LogP contribution in [0.3, 0.4) is 0 Å². The second-order valence-electron chi connectivity index (χ2n) is 3.74. The minimum Gasteiger partial charge on any atom is -0.384 e. The van der Waals surface area contributed by atoms with Gasteiger partial charge in [-0.2, -0.15) is 0 Å². The van der Waals surface area contributed by atoms with E-state index in [0.29, 0.717) is 19.6 Å². The van der Waals surface area contributed by atoms with Crippen molar-refractivity contribution in [3.05, 3.63) is 0 Å². The predicted molar refractivity (Wildman–Crippen MR) is 57.0 cm³/mol. The van der Waals surface area contributed by atoms with Gasteiger partial charge in [0.1, 0.15) is 0 Å². The highest BCUT2D eigenvalue weighted by atomic mass is 16.5. The molecule has 3 N–H and O–H groups in total. The standard InChI is InChI=1S/C10H22N2O2/c1-4-10(2,6-7-11)12-9(13)5-8-14-3/h4-8,11H2,1-3H3,(H,12,13). The van der Waals surface area contributed by atoms with Gasteiger partial charge in [0.25, 0.3) is 0 Å². The summed E-state index contributed by atoms with van der Waals surface area (Å²) in [6.45, 7) is 5.12. The fraction of sp³-hybridized carbons (Fsp3) is 0.900. The number of rotatable bonds is 7. The number of ether oxygens (including phenoxy) is 1. The number of carbonyl (C=O) groups excluding carboxylic acids is 1. The molecule has 0 fully saturated rings. The highest BCUT2D eigenvalue weighted by molar-refractivity contribution is 5.76. The summed E-state index contributed by atoms with van der Waals surface area (Å²) in [6, 6.07) is 0. The van der Waals surface area contributed by atoms with Crippen LogP contribution in [0.25, 0.3) is 0 Å². The molecule has 4 nitrogen and oxygen atoms in total. The molecule has 0 aromatic rings. The van der Waals surface area contributed by atoms with Crippen molar-refractivity contribution in [2.24, 2.45) is 5.73 Å². The second kappa shape index (κ2) is 6.79. The lowest BCUT2D eigenvalue weighted by Gasteiger charge is -2.29. The Balaban J connectivity index is 3.96.